The second-order valence-corrected chi connectivity index (χ2v) is 23.6. The minimum atomic E-state index is -1.09. The Kier molecular flexibility index (Phi) is 22.1. The Bertz CT molecular complexity index is 3280. The highest BCUT2D eigenvalue weighted by Crippen LogP contribution is 2.50. The van der Waals surface area contributed by atoms with Gasteiger partial charge in [-0.25, -0.2) is 14.5 Å². The van der Waals surface area contributed by atoms with Crippen LogP contribution in [-0.2, 0) is 48.1 Å². The van der Waals surface area contributed by atoms with Crippen molar-refractivity contribution >= 4 is 40.6 Å². The molecule has 0 fully saturated rings. The lowest BCUT2D eigenvalue weighted by atomic mass is 9.72. The first-order chi connectivity index (χ1) is 40.5. The number of amides is 1. The molecule has 1 amide bonds. The highest BCUT2D eigenvalue weighted by Gasteiger charge is 2.40. The molecular weight excluding hydrogens is 1060 g/mol. The fourth-order valence-electron chi connectivity index (χ4n) is 11.4. The van der Waals surface area contributed by atoms with Crippen LogP contribution >= 0.6 is 0 Å². The number of anilines is 1. The Hall–Kier alpha value is -7.20. The molecule has 0 radical (unpaired) electrons. The maximum Gasteiger partial charge on any atom is 0.336 e. The van der Waals surface area contributed by atoms with E-state index in [0.29, 0.717) is 120 Å². The monoisotopic (exact) mass is 1140 g/mol. The Morgan fingerprint density at radius 3 is 2.17 bits per heavy atom. The lowest BCUT2D eigenvalue weighted by molar-refractivity contribution is -0.451. The lowest BCUT2D eigenvalue weighted by Gasteiger charge is -2.37. The van der Waals surface area contributed by atoms with E-state index in [1.807, 2.05) is 72.3 Å². The molecule has 446 valence electrons. The van der Waals surface area contributed by atoms with Crippen molar-refractivity contribution in [1.82, 2.24) is 15.0 Å². The molecule has 2 unspecified atom stereocenters. The van der Waals surface area contributed by atoms with E-state index in [4.69, 9.17) is 18.9 Å². The molecule has 15 nitrogen and oxygen atoms in total. The summed E-state index contributed by atoms with van der Waals surface area (Å²) in [7, 11) is 0. The average Bonchev–Trinajstić information content (AvgIpc) is 1.37. The zero-order valence-electron chi connectivity index (χ0n) is 50.7. The Balaban J connectivity index is 0.734. The predicted molar refractivity (Wildman–Crippen MR) is 327 cm³/mol. The van der Waals surface area contributed by atoms with Gasteiger partial charge >= 0.3 is 5.97 Å². The molecule has 84 heavy (non-hydrogen) atoms. The number of carbonyl (C=O) groups is 5. The van der Waals surface area contributed by atoms with Crippen LogP contribution in [0.5, 0.6) is 5.75 Å². The van der Waals surface area contributed by atoms with Gasteiger partial charge in [-0.2, -0.15) is 0 Å². The number of carbonyl (C=O) groups excluding carboxylic acids is 4. The van der Waals surface area contributed by atoms with Crippen molar-refractivity contribution in [2.45, 2.75) is 151 Å². The summed E-state index contributed by atoms with van der Waals surface area (Å²) in [5.41, 5.74) is 11.4. The van der Waals surface area contributed by atoms with Crippen molar-refractivity contribution in [1.29, 1.82) is 0 Å². The van der Waals surface area contributed by atoms with Gasteiger partial charge in [-0.15, -0.1) is 5.10 Å². The van der Waals surface area contributed by atoms with Crippen LogP contribution in [0.25, 0.3) is 22.5 Å². The molecule has 0 bridgehead atoms. The minimum absolute atomic E-state index is 0.00725. The van der Waals surface area contributed by atoms with Crippen molar-refractivity contribution in [2.75, 3.05) is 51.1 Å². The van der Waals surface area contributed by atoms with E-state index in [1.165, 1.54) is 11.6 Å². The number of nitrogens with zero attached hydrogens (tertiary/aromatic N) is 4. The number of carboxylic acid groups (broad SMARTS) is 1. The molecule has 0 saturated carbocycles. The molecule has 8 rings (SSSR count). The second kappa shape index (κ2) is 29.6. The fraction of sp³-hybridized carbons (Fsp3) is 0.478. The number of Topliss-reactive ketones (excluding diaryl/α,β-unsaturated/α-hetero) is 3. The molecule has 1 aliphatic carbocycles. The number of ether oxygens (including phenoxy) is 4. The van der Waals surface area contributed by atoms with Gasteiger partial charge in [-0.05, 0) is 105 Å². The van der Waals surface area contributed by atoms with Crippen LogP contribution in [0.2, 0.25) is 0 Å². The number of aryl methyl sites for hydroxylation is 3. The number of rotatable bonds is 31. The predicted octanol–water partition coefficient (Wildman–Crippen LogP) is 11.6. The number of hydrogen-bond acceptors (Lipinski definition) is 11. The third-order valence-corrected chi connectivity index (χ3v) is 17.0. The Morgan fingerprint density at radius 2 is 1.45 bits per heavy atom. The molecular formula is C69H86N5O10+. The first kappa shape index (κ1) is 62.8. The lowest BCUT2D eigenvalue weighted by Crippen LogP contribution is -2.72. The molecule has 2 aliphatic heterocycles. The van der Waals surface area contributed by atoms with E-state index in [1.54, 1.807) is 11.0 Å². The van der Waals surface area contributed by atoms with E-state index >= 15 is 0 Å². The number of allylic oxidation sites excluding steroid dienone is 3. The highest BCUT2D eigenvalue weighted by molar-refractivity contribution is 6.06. The normalized spacial score (nSPS) is 15.9. The number of para-hydroxylation sites is 1. The van der Waals surface area contributed by atoms with Crippen molar-refractivity contribution in [3.05, 3.63) is 141 Å². The molecule has 3 heterocycles. The summed E-state index contributed by atoms with van der Waals surface area (Å²) in [5, 5.41) is 19.9. The first-order valence-electron chi connectivity index (χ1n) is 30.4. The van der Waals surface area contributed by atoms with Crippen LogP contribution in [0.4, 0.5) is 5.69 Å². The van der Waals surface area contributed by atoms with E-state index in [-0.39, 0.29) is 65.3 Å². The van der Waals surface area contributed by atoms with Crippen LogP contribution in [0.3, 0.4) is 0 Å². The summed E-state index contributed by atoms with van der Waals surface area (Å²) < 4.78 is 25.7. The molecule has 0 spiro atoms. The van der Waals surface area contributed by atoms with Gasteiger partial charge in [0, 0.05) is 104 Å². The molecule has 15 heteroatoms. The van der Waals surface area contributed by atoms with Gasteiger partial charge in [0.05, 0.1) is 49.9 Å². The maximum atomic E-state index is 14.1. The summed E-state index contributed by atoms with van der Waals surface area (Å²) in [4.78, 5) is 71.7. The number of ketones is 3. The number of nitrogens with one attached hydrogen (secondary N) is 1. The average molecular weight is 1150 g/mol. The van der Waals surface area contributed by atoms with Crippen LogP contribution in [0, 0.1) is 24.2 Å². The summed E-state index contributed by atoms with van der Waals surface area (Å²) in [6.07, 6.45) is 10.3. The number of hydrogen-bond donors (Lipinski definition) is 2. The number of fused-ring (bicyclic) bond motifs is 7. The van der Waals surface area contributed by atoms with Crippen LogP contribution in [-0.4, -0.2) is 101 Å². The number of benzene rings is 4. The molecule has 2 N–H and O–H groups in total. The zero-order valence-corrected chi connectivity index (χ0v) is 50.7. The second-order valence-electron chi connectivity index (χ2n) is 23.6. The van der Waals surface area contributed by atoms with Gasteiger partial charge in [0.2, 0.25) is 11.6 Å². The van der Waals surface area contributed by atoms with E-state index in [2.05, 4.69) is 82.0 Å². The Labute approximate surface area is 495 Å². The van der Waals surface area contributed by atoms with Gasteiger partial charge in [0.25, 0.3) is 0 Å². The number of aromatic nitrogens is 3. The van der Waals surface area contributed by atoms with Crippen molar-refractivity contribution < 1.29 is 53.0 Å². The smallest absolute Gasteiger partial charge is 0.336 e. The minimum Gasteiger partial charge on any atom is -0.478 e. The van der Waals surface area contributed by atoms with Gasteiger partial charge < -0.3 is 29.0 Å². The van der Waals surface area contributed by atoms with Crippen LogP contribution in [0.15, 0.2) is 102 Å². The zero-order chi connectivity index (χ0) is 59.9. The van der Waals surface area contributed by atoms with Crippen molar-refractivity contribution in [3.8, 4) is 28.3 Å². The third-order valence-electron chi connectivity index (χ3n) is 17.0. The Morgan fingerprint density at radius 1 is 0.774 bits per heavy atom. The first-order valence-corrected chi connectivity index (χ1v) is 30.4. The highest BCUT2D eigenvalue weighted by atomic mass is 16.5. The van der Waals surface area contributed by atoms with Gasteiger partial charge in [-0.1, -0.05) is 113 Å². The van der Waals surface area contributed by atoms with Gasteiger partial charge in [0.15, 0.2) is 5.78 Å². The summed E-state index contributed by atoms with van der Waals surface area (Å²) in [5.74, 6) is 0.294. The van der Waals surface area contributed by atoms with E-state index in [0.717, 1.165) is 82.1 Å². The molecule has 1 aromatic heterocycles. The quantitative estimate of drug-likeness (QED) is 0.0316. The number of carboxylic acids is 1. The van der Waals surface area contributed by atoms with E-state index < -0.39 is 5.97 Å². The van der Waals surface area contributed by atoms with Crippen molar-refractivity contribution in [3.63, 3.8) is 0 Å². The topological polar surface area (TPSA) is 190 Å². The summed E-state index contributed by atoms with van der Waals surface area (Å²) in [6.45, 7) is 20.9. The van der Waals surface area contributed by atoms with Crippen LogP contribution < -0.4 is 14.6 Å². The van der Waals surface area contributed by atoms with Crippen LogP contribution in [0.1, 0.15) is 174 Å². The largest absolute Gasteiger partial charge is 0.478 e. The van der Waals surface area contributed by atoms with E-state index in [9.17, 15) is 29.1 Å². The maximum absolute atomic E-state index is 14.1. The summed E-state index contributed by atoms with van der Waals surface area (Å²) >= 11 is 0. The molecule has 4 aromatic carbocycles. The van der Waals surface area contributed by atoms with Gasteiger partial charge in [-0.3, -0.25) is 19.2 Å². The third kappa shape index (κ3) is 15.6. The fourth-order valence-corrected chi connectivity index (χ4v) is 11.4. The molecule has 2 atom stereocenters. The molecule has 3 aliphatic rings. The SMILES string of the molecule is CCCc1cc2c(cc1C)C(c1ccc(C(=O)CCCOCCOCCOCCCC(=O)CCC(=O)N3Cc4ccccc4-c4c(nnn4CCCC(=O)CCC(C)(C)C(C)C)-c4ccccc43)cc1C(=O)O)C1C=C(C)C(=[NH+]CC)C=C1O2. The summed E-state index contributed by atoms with van der Waals surface area (Å²) in [6, 6.07) is 25.0. The van der Waals surface area contributed by atoms with Gasteiger partial charge in [0.1, 0.15) is 35.3 Å². The standard InChI is InChI=1S/C69H85N5O10/c1-9-18-48-42-62-57(39-46(48)5)65(58-40-47(6)59(70-10-2)43-63(58)84-62)54-28-26-49(41-56(54)68(79)80)61(77)25-17-34-82-36-38-83-37-35-81-33-16-21-51(75)27-29-64(78)73-44-50-19-11-12-22-53(50)67-66(55-23-13-14-24-60(55)73)71-72-74(67)32-15-20-52(76)30-31-69(7,8)45(3)4/h11-14,19,22-24,26,28,39-43,45,58,65H,9-10,15-18,20-21,25,27,29-38,44H2,1-8H3,(H,79,80)/p+1. The number of aromatic carboxylic acids is 1. The van der Waals surface area contributed by atoms with Crippen molar-refractivity contribution in [2.24, 2.45) is 17.3 Å². The molecule has 5 aromatic rings. The molecule has 0 saturated heterocycles.